The van der Waals surface area contributed by atoms with Crippen LogP contribution in [0.5, 0.6) is 5.75 Å². The third-order valence-electron chi connectivity index (χ3n) is 2.69. The van der Waals surface area contributed by atoms with Crippen molar-refractivity contribution in [1.82, 2.24) is 0 Å². The molecule has 0 bridgehead atoms. The fourth-order valence-electron chi connectivity index (χ4n) is 1.88. The van der Waals surface area contributed by atoms with Gasteiger partial charge < -0.3 is 5.11 Å². The third-order valence-corrected chi connectivity index (χ3v) is 2.69. The monoisotopic (exact) mass is 212 g/mol. The summed E-state index contributed by atoms with van der Waals surface area (Å²) in [5.74, 6) is 0.372. The summed E-state index contributed by atoms with van der Waals surface area (Å²) in [6, 6.07) is 15.9. The average Bonchev–Trinajstić information content (AvgIpc) is 2.31. The molecule has 82 valence electrons. The van der Waals surface area contributed by atoms with Crippen molar-refractivity contribution in [1.29, 1.82) is 0 Å². The van der Waals surface area contributed by atoms with Gasteiger partial charge in [0, 0.05) is 5.56 Å². The molecule has 2 rings (SSSR count). The molecule has 2 aromatic rings. The molecule has 1 heteroatoms. The Kier molecular flexibility index (Phi) is 3.25. The lowest BCUT2D eigenvalue weighted by molar-refractivity contribution is 0.476. The molecule has 0 heterocycles. The average molecular weight is 212 g/mol. The van der Waals surface area contributed by atoms with Gasteiger partial charge >= 0.3 is 0 Å². The number of hydrogen-bond acceptors (Lipinski definition) is 1. The van der Waals surface area contributed by atoms with Crippen molar-refractivity contribution in [2.45, 2.75) is 19.8 Å². The van der Waals surface area contributed by atoms with Crippen molar-refractivity contribution in [3.8, 4) is 16.9 Å². The second kappa shape index (κ2) is 4.84. The van der Waals surface area contributed by atoms with Crippen LogP contribution in [0.15, 0.2) is 48.5 Å². The lowest BCUT2D eigenvalue weighted by atomic mass is 10.0. The summed E-state index contributed by atoms with van der Waals surface area (Å²) in [6.07, 6.45) is 2.12. The number of hydrogen-bond donors (Lipinski definition) is 1. The van der Waals surface area contributed by atoms with E-state index in [0.29, 0.717) is 5.75 Å². The first kappa shape index (κ1) is 10.7. The molecule has 1 nitrogen and oxygen atoms in total. The molecule has 2 aromatic carbocycles. The van der Waals surface area contributed by atoms with Crippen LogP contribution in [0, 0.1) is 0 Å². The van der Waals surface area contributed by atoms with E-state index in [2.05, 4.69) is 13.0 Å². The minimum absolute atomic E-state index is 0.372. The standard InChI is InChI=1S/C15H16O/c1-2-6-12-9-10-14(15(16)11-12)13-7-4-3-5-8-13/h3-5,7-11,16H,2,6H2,1H3. The van der Waals surface area contributed by atoms with Crippen molar-refractivity contribution in [3.63, 3.8) is 0 Å². The Morgan fingerprint density at radius 3 is 2.38 bits per heavy atom. The zero-order chi connectivity index (χ0) is 11.4. The summed E-state index contributed by atoms with van der Waals surface area (Å²) in [5, 5.41) is 9.97. The van der Waals surface area contributed by atoms with Crippen LogP contribution in [0.3, 0.4) is 0 Å². The zero-order valence-corrected chi connectivity index (χ0v) is 9.48. The Balaban J connectivity index is 2.37. The van der Waals surface area contributed by atoms with Gasteiger partial charge in [0.1, 0.15) is 5.75 Å². The van der Waals surface area contributed by atoms with Gasteiger partial charge in [-0.05, 0) is 23.6 Å². The minimum Gasteiger partial charge on any atom is -0.507 e. The fourth-order valence-corrected chi connectivity index (χ4v) is 1.88. The van der Waals surface area contributed by atoms with E-state index in [0.717, 1.165) is 24.0 Å². The van der Waals surface area contributed by atoms with E-state index in [-0.39, 0.29) is 0 Å². The van der Waals surface area contributed by atoms with E-state index in [1.807, 2.05) is 42.5 Å². The number of phenolic OH excluding ortho intramolecular Hbond substituents is 1. The highest BCUT2D eigenvalue weighted by molar-refractivity contribution is 5.70. The predicted octanol–water partition coefficient (Wildman–Crippen LogP) is 4.01. The van der Waals surface area contributed by atoms with E-state index in [4.69, 9.17) is 0 Å². The van der Waals surface area contributed by atoms with Crippen molar-refractivity contribution in [2.75, 3.05) is 0 Å². The largest absolute Gasteiger partial charge is 0.507 e. The number of aryl methyl sites for hydroxylation is 1. The van der Waals surface area contributed by atoms with Crippen LogP contribution in [-0.2, 0) is 6.42 Å². The summed E-state index contributed by atoms with van der Waals surface area (Å²) in [7, 11) is 0. The van der Waals surface area contributed by atoms with Gasteiger partial charge in [-0.25, -0.2) is 0 Å². The molecule has 0 spiro atoms. The minimum atomic E-state index is 0.372. The molecule has 0 unspecified atom stereocenters. The normalized spacial score (nSPS) is 10.3. The fraction of sp³-hybridized carbons (Fsp3) is 0.200. The Hall–Kier alpha value is -1.76. The van der Waals surface area contributed by atoms with Crippen LogP contribution in [0.1, 0.15) is 18.9 Å². The maximum atomic E-state index is 9.97. The number of aromatic hydroxyl groups is 1. The van der Waals surface area contributed by atoms with Crippen LogP contribution in [0.2, 0.25) is 0 Å². The molecule has 0 aliphatic carbocycles. The van der Waals surface area contributed by atoms with Gasteiger partial charge in [0.15, 0.2) is 0 Å². The van der Waals surface area contributed by atoms with Crippen LogP contribution in [0.4, 0.5) is 0 Å². The van der Waals surface area contributed by atoms with E-state index >= 15 is 0 Å². The topological polar surface area (TPSA) is 20.2 Å². The molecule has 0 aromatic heterocycles. The second-order valence-electron chi connectivity index (χ2n) is 3.97. The zero-order valence-electron chi connectivity index (χ0n) is 9.48. The van der Waals surface area contributed by atoms with Gasteiger partial charge in [0.2, 0.25) is 0 Å². The summed E-state index contributed by atoms with van der Waals surface area (Å²) >= 11 is 0. The SMILES string of the molecule is CCCc1ccc(-c2ccccc2)c(O)c1. The van der Waals surface area contributed by atoms with Crippen molar-refractivity contribution < 1.29 is 5.11 Å². The molecule has 0 atom stereocenters. The highest BCUT2D eigenvalue weighted by Gasteiger charge is 2.04. The third kappa shape index (κ3) is 2.25. The Labute approximate surface area is 96.4 Å². The molecule has 1 N–H and O–H groups in total. The van der Waals surface area contributed by atoms with Gasteiger partial charge in [0.25, 0.3) is 0 Å². The van der Waals surface area contributed by atoms with Crippen LogP contribution in [0.25, 0.3) is 11.1 Å². The Morgan fingerprint density at radius 1 is 1.00 bits per heavy atom. The molecule has 0 amide bonds. The van der Waals surface area contributed by atoms with Crippen molar-refractivity contribution in [3.05, 3.63) is 54.1 Å². The maximum absolute atomic E-state index is 9.97. The Bertz CT molecular complexity index is 460. The smallest absolute Gasteiger partial charge is 0.123 e. The first-order valence-corrected chi connectivity index (χ1v) is 5.68. The van der Waals surface area contributed by atoms with Gasteiger partial charge in [-0.3, -0.25) is 0 Å². The van der Waals surface area contributed by atoms with Gasteiger partial charge in [-0.2, -0.15) is 0 Å². The van der Waals surface area contributed by atoms with Crippen LogP contribution < -0.4 is 0 Å². The van der Waals surface area contributed by atoms with E-state index in [1.54, 1.807) is 0 Å². The molecule has 0 aliphatic rings. The lowest BCUT2D eigenvalue weighted by Crippen LogP contribution is -1.85. The molecule has 0 saturated carbocycles. The quantitative estimate of drug-likeness (QED) is 0.815. The summed E-state index contributed by atoms with van der Waals surface area (Å²) in [4.78, 5) is 0. The molecule has 16 heavy (non-hydrogen) atoms. The predicted molar refractivity (Wildman–Crippen MR) is 67.5 cm³/mol. The van der Waals surface area contributed by atoms with E-state index in [9.17, 15) is 5.11 Å². The van der Waals surface area contributed by atoms with Gasteiger partial charge in [0.05, 0.1) is 0 Å². The second-order valence-corrected chi connectivity index (χ2v) is 3.97. The number of benzene rings is 2. The van der Waals surface area contributed by atoms with E-state index < -0.39 is 0 Å². The maximum Gasteiger partial charge on any atom is 0.123 e. The molecular formula is C15H16O. The summed E-state index contributed by atoms with van der Waals surface area (Å²) in [5.41, 5.74) is 3.16. The molecule has 0 aliphatic heterocycles. The number of phenols is 1. The van der Waals surface area contributed by atoms with Crippen LogP contribution in [-0.4, -0.2) is 5.11 Å². The highest BCUT2D eigenvalue weighted by atomic mass is 16.3. The summed E-state index contributed by atoms with van der Waals surface area (Å²) in [6.45, 7) is 2.14. The molecular weight excluding hydrogens is 196 g/mol. The van der Waals surface area contributed by atoms with Crippen molar-refractivity contribution in [2.24, 2.45) is 0 Å². The lowest BCUT2D eigenvalue weighted by Gasteiger charge is -2.06. The first-order chi connectivity index (χ1) is 7.81. The molecule has 0 radical (unpaired) electrons. The highest BCUT2D eigenvalue weighted by Crippen LogP contribution is 2.29. The molecule has 0 fully saturated rings. The first-order valence-electron chi connectivity index (χ1n) is 5.68. The van der Waals surface area contributed by atoms with E-state index in [1.165, 1.54) is 5.56 Å². The molecule has 0 saturated heterocycles. The van der Waals surface area contributed by atoms with Crippen LogP contribution >= 0.6 is 0 Å². The van der Waals surface area contributed by atoms with Gasteiger partial charge in [-0.1, -0.05) is 55.8 Å². The van der Waals surface area contributed by atoms with Gasteiger partial charge in [-0.15, -0.1) is 0 Å². The number of rotatable bonds is 3. The Morgan fingerprint density at radius 2 is 1.75 bits per heavy atom. The van der Waals surface area contributed by atoms with Crippen molar-refractivity contribution >= 4 is 0 Å². The summed E-state index contributed by atoms with van der Waals surface area (Å²) < 4.78 is 0.